The van der Waals surface area contributed by atoms with E-state index in [0.717, 1.165) is 19.3 Å². The zero-order valence-electron chi connectivity index (χ0n) is 28.1. The molecule has 0 N–H and O–H groups in total. The van der Waals surface area contributed by atoms with Gasteiger partial charge in [-0.25, -0.2) is 0 Å². The van der Waals surface area contributed by atoms with Gasteiger partial charge in [0.1, 0.15) is 0 Å². The average Bonchev–Trinajstić information content (AvgIpc) is 3.58. The molecule has 0 aliphatic heterocycles. The van der Waals surface area contributed by atoms with Gasteiger partial charge in [-0.2, -0.15) is 0 Å². The van der Waals surface area contributed by atoms with Gasteiger partial charge < -0.3 is 0 Å². The highest BCUT2D eigenvalue weighted by Crippen LogP contribution is 2.53. The molecule has 0 fully saturated rings. The summed E-state index contributed by atoms with van der Waals surface area (Å²) in [5.74, 6) is 0.282. The van der Waals surface area contributed by atoms with E-state index in [0.29, 0.717) is 0 Å². The van der Waals surface area contributed by atoms with E-state index in [1.54, 1.807) is 16.7 Å². The van der Waals surface area contributed by atoms with Crippen LogP contribution in [0.4, 0.5) is 0 Å². The normalized spacial score (nSPS) is 15.4. The average molecular weight is 587 g/mol. The molecule has 0 spiro atoms. The summed E-state index contributed by atoms with van der Waals surface area (Å²) in [5, 5.41) is 0. The SMILES string of the molecule is CCCC1=Cc2c(-c3ccc(-c4ccccc4)cc3)cccc2C1c1c(C(C)(C)C)ccc2c1Cc1cc(C(C)(C)C)ccc1-2. The minimum Gasteiger partial charge on any atom is -0.0651 e. The Bertz CT molecular complexity index is 1920. The standard InChI is InChI=1S/C45H46/c1-8-13-32-27-39-35(31-20-18-30(19-21-31)29-14-10-9-11-15-29)16-12-17-38(39)42(32)43-40-28-33-26-34(44(2,3)4)22-23-36(33)37(40)24-25-41(43)45(5,6)7/h9-12,14-27,42H,8,13,28H2,1-7H3. The van der Waals surface area contributed by atoms with Crippen molar-refractivity contribution in [2.75, 3.05) is 0 Å². The number of hydrogen-bond acceptors (Lipinski definition) is 0. The monoisotopic (exact) mass is 586 g/mol. The van der Waals surface area contributed by atoms with Gasteiger partial charge in [0.25, 0.3) is 0 Å². The van der Waals surface area contributed by atoms with Crippen molar-refractivity contribution in [3.63, 3.8) is 0 Å². The molecule has 0 bridgehead atoms. The fourth-order valence-corrected chi connectivity index (χ4v) is 7.79. The lowest BCUT2D eigenvalue weighted by Gasteiger charge is -2.30. The second kappa shape index (κ2) is 11.0. The molecule has 0 amide bonds. The maximum Gasteiger partial charge on any atom is 0.0314 e. The van der Waals surface area contributed by atoms with Gasteiger partial charge in [0.15, 0.2) is 0 Å². The summed E-state index contributed by atoms with van der Waals surface area (Å²) in [6, 6.07) is 39.0. The maximum absolute atomic E-state index is 2.55. The summed E-state index contributed by atoms with van der Waals surface area (Å²) < 4.78 is 0. The Morgan fingerprint density at radius 2 is 1.31 bits per heavy atom. The molecular formula is C45H46. The van der Waals surface area contributed by atoms with Crippen LogP contribution in [0.25, 0.3) is 39.5 Å². The summed E-state index contributed by atoms with van der Waals surface area (Å²) in [6.07, 6.45) is 5.82. The zero-order chi connectivity index (χ0) is 31.5. The third kappa shape index (κ3) is 5.19. The quantitative estimate of drug-likeness (QED) is 0.188. The predicted octanol–water partition coefficient (Wildman–Crippen LogP) is 12.5. The van der Waals surface area contributed by atoms with Crippen LogP contribution in [0.2, 0.25) is 0 Å². The first-order valence-corrected chi connectivity index (χ1v) is 16.8. The lowest BCUT2D eigenvalue weighted by Crippen LogP contribution is -2.19. The first kappa shape index (κ1) is 29.5. The van der Waals surface area contributed by atoms with Crippen molar-refractivity contribution in [1.29, 1.82) is 0 Å². The molecule has 45 heavy (non-hydrogen) atoms. The highest BCUT2D eigenvalue weighted by molar-refractivity contribution is 5.86. The van der Waals surface area contributed by atoms with Crippen molar-refractivity contribution in [3.05, 3.63) is 148 Å². The summed E-state index contributed by atoms with van der Waals surface area (Å²) >= 11 is 0. The van der Waals surface area contributed by atoms with E-state index < -0.39 is 0 Å². The number of allylic oxidation sites excluding steroid dienone is 1. The van der Waals surface area contributed by atoms with E-state index in [1.165, 1.54) is 61.2 Å². The number of benzene rings is 5. The van der Waals surface area contributed by atoms with Gasteiger partial charge in [-0.15, -0.1) is 0 Å². The Morgan fingerprint density at radius 3 is 2.00 bits per heavy atom. The molecule has 0 heteroatoms. The molecule has 7 rings (SSSR count). The van der Waals surface area contributed by atoms with Crippen molar-refractivity contribution >= 4 is 6.08 Å². The van der Waals surface area contributed by atoms with Gasteiger partial charge in [-0.05, 0) is 96.0 Å². The van der Waals surface area contributed by atoms with Crippen molar-refractivity contribution in [2.24, 2.45) is 0 Å². The van der Waals surface area contributed by atoms with E-state index in [1.807, 2.05) is 0 Å². The van der Waals surface area contributed by atoms with Gasteiger partial charge in [-0.3, -0.25) is 0 Å². The molecule has 2 aliphatic carbocycles. The van der Waals surface area contributed by atoms with Crippen LogP contribution in [0, 0.1) is 0 Å². The molecule has 1 unspecified atom stereocenters. The molecule has 0 nitrogen and oxygen atoms in total. The fraction of sp³-hybridized carbons (Fsp3) is 0.289. The highest BCUT2D eigenvalue weighted by atomic mass is 14.4. The molecule has 0 saturated carbocycles. The lowest BCUT2D eigenvalue weighted by molar-refractivity contribution is 0.579. The topological polar surface area (TPSA) is 0 Å². The molecule has 1 atom stereocenters. The van der Waals surface area contributed by atoms with Crippen LogP contribution in [0.15, 0.2) is 109 Å². The lowest BCUT2D eigenvalue weighted by atomic mass is 9.73. The summed E-state index contributed by atoms with van der Waals surface area (Å²) in [7, 11) is 0. The van der Waals surface area contributed by atoms with Crippen LogP contribution >= 0.6 is 0 Å². The van der Waals surface area contributed by atoms with E-state index in [-0.39, 0.29) is 16.7 Å². The van der Waals surface area contributed by atoms with Gasteiger partial charge in [-0.1, -0.05) is 170 Å². The summed E-state index contributed by atoms with van der Waals surface area (Å²) in [6.45, 7) is 16.5. The van der Waals surface area contributed by atoms with Gasteiger partial charge in [0, 0.05) is 5.92 Å². The predicted molar refractivity (Wildman–Crippen MR) is 194 cm³/mol. The van der Waals surface area contributed by atoms with Crippen LogP contribution < -0.4 is 0 Å². The van der Waals surface area contributed by atoms with E-state index in [9.17, 15) is 0 Å². The van der Waals surface area contributed by atoms with E-state index in [2.05, 4.69) is 158 Å². The van der Waals surface area contributed by atoms with Crippen LogP contribution in [0.3, 0.4) is 0 Å². The Balaban J connectivity index is 1.38. The first-order valence-electron chi connectivity index (χ1n) is 16.8. The second-order valence-electron chi connectivity index (χ2n) is 15.3. The molecule has 0 aromatic heterocycles. The Morgan fingerprint density at radius 1 is 0.622 bits per heavy atom. The maximum atomic E-state index is 2.55. The summed E-state index contributed by atoms with van der Waals surface area (Å²) in [5.41, 5.74) is 20.1. The third-order valence-corrected chi connectivity index (χ3v) is 10.1. The minimum absolute atomic E-state index is 0.0423. The molecule has 226 valence electrons. The van der Waals surface area contributed by atoms with Crippen LogP contribution in [0.1, 0.15) is 106 Å². The smallest absolute Gasteiger partial charge is 0.0314 e. The number of rotatable bonds is 5. The Labute approximate surface area is 270 Å². The van der Waals surface area contributed by atoms with Gasteiger partial charge >= 0.3 is 0 Å². The zero-order valence-corrected chi connectivity index (χ0v) is 28.1. The minimum atomic E-state index is 0.0423. The molecular weight excluding hydrogens is 540 g/mol. The van der Waals surface area contributed by atoms with Crippen LogP contribution in [-0.2, 0) is 17.3 Å². The Hall–Kier alpha value is -4.16. The summed E-state index contributed by atoms with van der Waals surface area (Å²) in [4.78, 5) is 0. The first-order chi connectivity index (χ1) is 21.5. The number of hydrogen-bond donors (Lipinski definition) is 0. The largest absolute Gasteiger partial charge is 0.0651 e. The van der Waals surface area contributed by atoms with Crippen LogP contribution in [-0.4, -0.2) is 0 Å². The van der Waals surface area contributed by atoms with E-state index >= 15 is 0 Å². The fourth-order valence-electron chi connectivity index (χ4n) is 7.79. The highest BCUT2D eigenvalue weighted by Gasteiger charge is 2.36. The molecule has 0 heterocycles. The molecule has 2 aliphatic rings. The van der Waals surface area contributed by atoms with E-state index in [4.69, 9.17) is 0 Å². The van der Waals surface area contributed by atoms with Crippen molar-refractivity contribution in [1.82, 2.24) is 0 Å². The van der Waals surface area contributed by atoms with Crippen molar-refractivity contribution in [2.45, 2.75) is 84.5 Å². The van der Waals surface area contributed by atoms with Gasteiger partial charge in [0.05, 0.1) is 0 Å². The molecule has 5 aromatic carbocycles. The van der Waals surface area contributed by atoms with Crippen LogP contribution in [0.5, 0.6) is 0 Å². The van der Waals surface area contributed by atoms with Gasteiger partial charge in [0.2, 0.25) is 0 Å². The Kier molecular flexibility index (Phi) is 7.24. The second-order valence-corrected chi connectivity index (χ2v) is 15.3. The molecule has 5 aromatic rings. The third-order valence-electron chi connectivity index (χ3n) is 10.1. The number of fused-ring (bicyclic) bond motifs is 4. The van der Waals surface area contributed by atoms with Crippen molar-refractivity contribution < 1.29 is 0 Å². The van der Waals surface area contributed by atoms with Crippen molar-refractivity contribution in [3.8, 4) is 33.4 Å². The molecule has 0 saturated heterocycles. The molecule has 0 radical (unpaired) electrons.